The highest BCUT2D eigenvalue weighted by Gasteiger charge is 2.08. The first kappa shape index (κ1) is 13.8. The zero-order valence-corrected chi connectivity index (χ0v) is 12.2. The van der Waals surface area contributed by atoms with Crippen molar-refractivity contribution in [3.8, 4) is 0 Å². The molecule has 0 aliphatic carbocycles. The quantitative estimate of drug-likeness (QED) is 0.768. The molecule has 21 heavy (non-hydrogen) atoms. The number of hydrogen-bond acceptors (Lipinski definition) is 2. The minimum atomic E-state index is -0.206. The molecule has 108 valence electrons. The van der Waals surface area contributed by atoms with Gasteiger partial charge in [0, 0.05) is 30.4 Å². The van der Waals surface area contributed by atoms with Crippen LogP contribution in [0.15, 0.2) is 36.5 Å². The number of nitrogens with zero attached hydrogens (tertiary/aromatic N) is 1. The predicted molar refractivity (Wildman–Crippen MR) is 82.5 cm³/mol. The van der Waals surface area contributed by atoms with Crippen molar-refractivity contribution in [3.05, 3.63) is 64.9 Å². The summed E-state index contributed by atoms with van der Waals surface area (Å²) in [7, 11) is 0. The van der Waals surface area contributed by atoms with Gasteiger partial charge < -0.3 is 10.3 Å². The van der Waals surface area contributed by atoms with Gasteiger partial charge in [0.15, 0.2) is 0 Å². The van der Waals surface area contributed by atoms with Gasteiger partial charge in [-0.3, -0.25) is 4.98 Å². The molecule has 4 heteroatoms. The Morgan fingerprint density at radius 1 is 1.10 bits per heavy atom. The maximum atomic E-state index is 12.9. The predicted octanol–water partition coefficient (Wildman–Crippen LogP) is 3.61. The first-order valence-electron chi connectivity index (χ1n) is 7.03. The number of hydrogen-bond donors (Lipinski definition) is 2. The van der Waals surface area contributed by atoms with E-state index in [4.69, 9.17) is 0 Å². The van der Waals surface area contributed by atoms with E-state index in [1.165, 1.54) is 28.8 Å². The lowest BCUT2D eigenvalue weighted by molar-refractivity contribution is 0.624. The molecule has 1 aromatic carbocycles. The summed E-state index contributed by atoms with van der Waals surface area (Å²) in [6.07, 6.45) is 1.84. The van der Waals surface area contributed by atoms with Gasteiger partial charge in [-0.1, -0.05) is 12.1 Å². The molecule has 0 atom stereocenters. The molecular weight excluding hydrogens is 265 g/mol. The number of aryl methyl sites for hydroxylation is 2. The zero-order chi connectivity index (χ0) is 14.8. The molecule has 0 aliphatic rings. The molecule has 0 fully saturated rings. The summed E-state index contributed by atoms with van der Waals surface area (Å²) >= 11 is 0. The smallest absolute Gasteiger partial charge is 0.123 e. The van der Waals surface area contributed by atoms with Crippen molar-refractivity contribution in [1.29, 1.82) is 0 Å². The summed E-state index contributed by atoms with van der Waals surface area (Å²) in [4.78, 5) is 7.85. The summed E-state index contributed by atoms with van der Waals surface area (Å²) in [6.45, 7) is 5.56. The van der Waals surface area contributed by atoms with Crippen molar-refractivity contribution in [2.75, 3.05) is 0 Å². The number of H-pyrrole nitrogens is 1. The second-order valence-electron chi connectivity index (χ2n) is 5.29. The number of benzene rings is 1. The highest BCUT2D eigenvalue weighted by Crippen LogP contribution is 2.22. The van der Waals surface area contributed by atoms with Crippen LogP contribution in [0.4, 0.5) is 4.39 Å². The highest BCUT2D eigenvalue weighted by atomic mass is 19.1. The molecule has 0 radical (unpaired) electrons. The van der Waals surface area contributed by atoms with Crippen molar-refractivity contribution in [2.45, 2.75) is 26.9 Å². The Hall–Kier alpha value is -2.20. The average Bonchev–Trinajstić information content (AvgIpc) is 2.78. The lowest BCUT2D eigenvalue weighted by Gasteiger charge is -2.06. The molecule has 2 heterocycles. The lowest BCUT2D eigenvalue weighted by atomic mass is 10.1. The Kier molecular flexibility index (Phi) is 3.71. The first-order chi connectivity index (χ1) is 10.1. The van der Waals surface area contributed by atoms with Gasteiger partial charge in [-0.05, 0) is 43.2 Å². The van der Waals surface area contributed by atoms with Crippen LogP contribution in [-0.2, 0) is 13.1 Å². The maximum absolute atomic E-state index is 12.9. The van der Waals surface area contributed by atoms with E-state index in [0.29, 0.717) is 13.1 Å². The number of aromatic amines is 1. The molecule has 2 N–H and O–H groups in total. The summed E-state index contributed by atoms with van der Waals surface area (Å²) in [5, 5.41) is 4.58. The minimum absolute atomic E-state index is 0.206. The number of rotatable bonds is 4. The van der Waals surface area contributed by atoms with E-state index >= 15 is 0 Å². The van der Waals surface area contributed by atoms with Crippen LogP contribution in [0.5, 0.6) is 0 Å². The van der Waals surface area contributed by atoms with E-state index in [-0.39, 0.29) is 5.82 Å². The summed E-state index contributed by atoms with van der Waals surface area (Å²) in [5.41, 5.74) is 5.61. The molecular formula is C17H18FN3. The second-order valence-corrected chi connectivity index (χ2v) is 5.29. The highest BCUT2D eigenvalue weighted by molar-refractivity contribution is 5.85. The fraction of sp³-hybridized carbons (Fsp3) is 0.235. The maximum Gasteiger partial charge on any atom is 0.123 e. The summed E-state index contributed by atoms with van der Waals surface area (Å²) < 4.78 is 12.9. The van der Waals surface area contributed by atoms with Crippen molar-refractivity contribution in [2.24, 2.45) is 0 Å². The number of aromatic nitrogens is 2. The Labute approximate surface area is 123 Å². The second kappa shape index (κ2) is 5.66. The first-order valence-corrected chi connectivity index (χ1v) is 7.03. The van der Waals surface area contributed by atoms with Crippen LogP contribution in [0.2, 0.25) is 0 Å². The lowest BCUT2D eigenvalue weighted by Crippen LogP contribution is -2.14. The van der Waals surface area contributed by atoms with Gasteiger partial charge in [0.25, 0.3) is 0 Å². The molecule has 2 aromatic heterocycles. The van der Waals surface area contributed by atoms with E-state index < -0.39 is 0 Å². The third-order valence-electron chi connectivity index (χ3n) is 3.84. The molecule has 0 bridgehead atoms. The van der Waals surface area contributed by atoms with Gasteiger partial charge >= 0.3 is 0 Å². The van der Waals surface area contributed by atoms with Crippen LogP contribution >= 0.6 is 0 Å². The van der Waals surface area contributed by atoms with Crippen LogP contribution < -0.4 is 5.32 Å². The number of nitrogens with one attached hydrogen (secondary N) is 2. The fourth-order valence-electron chi connectivity index (χ4n) is 2.50. The Bertz CT molecular complexity index is 760. The SMILES string of the molecule is Cc1[nH]c2c(CNCc3ccc(F)cc3)nccc2c1C. The van der Waals surface area contributed by atoms with E-state index in [1.807, 2.05) is 12.3 Å². The Balaban J connectivity index is 1.73. The van der Waals surface area contributed by atoms with Gasteiger partial charge in [-0.15, -0.1) is 0 Å². The van der Waals surface area contributed by atoms with Crippen LogP contribution in [0.3, 0.4) is 0 Å². The van der Waals surface area contributed by atoms with Crippen molar-refractivity contribution in [1.82, 2.24) is 15.3 Å². The Morgan fingerprint density at radius 2 is 1.86 bits per heavy atom. The van der Waals surface area contributed by atoms with Crippen molar-refractivity contribution >= 4 is 10.9 Å². The van der Waals surface area contributed by atoms with E-state index in [1.54, 1.807) is 12.1 Å². The number of pyridine rings is 1. The van der Waals surface area contributed by atoms with Gasteiger partial charge in [-0.2, -0.15) is 0 Å². The molecule has 0 unspecified atom stereocenters. The van der Waals surface area contributed by atoms with Crippen LogP contribution in [0.1, 0.15) is 22.5 Å². The van der Waals surface area contributed by atoms with Gasteiger partial charge in [-0.25, -0.2) is 4.39 Å². The van der Waals surface area contributed by atoms with E-state index in [2.05, 4.69) is 29.1 Å². The molecule has 0 aliphatic heterocycles. The molecule has 0 saturated carbocycles. The minimum Gasteiger partial charge on any atom is -0.357 e. The number of halogens is 1. The third-order valence-corrected chi connectivity index (χ3v) is 3.84. The monoisotopic (exact) mass is 283 g/mol. The summed E-state index contributed by atoms with van der Waals surface area (Å²) in [5.74, 6) is -0.206. The largest absolute Gasteiger partial charge is 0.357 e. The van der Waals surface area contributed by atoms with Crippen LogP contribution in [-0.4, -0.2) is 9.97 Å². The van der Waals surface area contributed by atoms with Gasteiger partial charge in [0.05, 0.1) is 11.2 Å². The Morgan fingerprint density at radius 3 is 2.62 bits per heavy atom. The molecule has 3 rings (SSSR count). The van der Waals surface area contributed by atoms with Crippen molar-refractivity contribution in [3.63, 3.8) is 0 Å². The van der Waals surface area contributed by atoms with Gasteiger partial charge in [0.2, 0.25) is 0 Å². The van der Waals surface area contributed by atoms with Crippen molar-refractivity contribution < 1.29 is 4.39 Å². The summed E-state index contributed by atoms with van der Waals surface area (Å²) in [6, 6.07) is 8.58. The van der Waals surface area contributed by atoms with Gasteiger partial charge in [0.1, 0.15) is 5.82 Å². The van der Waals surface area contributed by atoms with E-state index in [9.17, 15) is 4.39 Å². The molecule has 0 saturated heterocycles. The van der Waals surface area contributed by atoms with E-state index in [0.717, 1.165) is 16.8 Å². The molecule has 3 aromatic rings. The van der Waals surface area contributed by atoms with Crippen LogP contribution in [0, 0.1) is 19.7 Å². The molecule has 0 spiro atoms. The topological polar surface area (TPSA) is 40.7 Å². The fourth-order valence-corrected chi connectivity index (χ4v) is 2.50. The third kappa shape index (κ3) is 2.81. The number of fused-ring (bicyclic) bond motifs is 1. The average molecular weight is 283 g/mol. The molecule has 3 nitrogen and oxygen atoms in total. The standard InChI is InChI=1S/C17H18FN3/c1-11-12(2)21-17-15(11)7-8-20-16(17)10-19-9-13-3-5-14(18)6-4-13/h3-8,19,21H,9-10H2,1-2H3. The molecule has 0 amide bonds. The zero-order valence-electron chi connectivity index (χ0n) is 12.2. The normalized spacial score (nSPS) is 11.2. The van der Waals surface area contributed by atoms with Crippen LogP contribution in [0.25, 0.3) is 10.9 Å².